The van der Waals surface area contributed by atoms with Gasteiger partial charge in [0.05, 0.1) is 0 Å². The summed E-state index contributed by atoms with van der Waals surface area (Å²) in [5.41, 5.74) is 3.06. The Morgan fingerprint density at radius 1 is 0.857 bits per heavy atom. The number of nitrogens with zero attached hydrogens (tertiary/aromatic N) is 2. The molecule has 4 aromatic rings. The number of hydrogen-bond acceptors (Lipinski definition) is 2. The van der Waals surface area contributed by atoms with Crippen molar-refractivity contribution in [3.05, 3.63) is 129 Å². The number of fused-ring (bicyclic) bond motifs is 1. The van der Waals surface area contributed by atoms with Gasteiger partial charge in [-0.05, 0) is 48.5 Å². The Bertz CT molecular complexity index is 1380. The molecule has 2 heterocycles. The van der Waals surface area contributed by atoms with E-state index in [1.807, 2.05) is 88.3 Å². The summed E-state index contributed by atoms with van der Waals surface area (Å²) in [7, 11) is 0. The highest BCUT2D eigenvalue weighted by atomic mass is 79.9. The van der Waals surface area contributed by atoms with E-state index in [4.69, 9.17) is 11.6 Å². The average Bonchev–Trinajstić information content (AvgIpc) is 3.32. The van der Waals surface area contributed by atoms with E-state index in [9.17, 15) is 9.59 Å². The first-order chi connectivity index (χ1) is 16.5. The van der Waals surface area contributed by atoms with Gasteiger partial charge in [-0.2, -0.15) is 0 Å². The maximum Gasteiger partial charge on any atom is 0.227 e. The largest absolute Gasteiger partial charge is 1.00 e. The van der Waals surface area contributed by atoms with Crippen molar-refractivity contribution in [2.75, 3.05) is 6.54 Å². The summed E-state index contributed by atoms with van der Waals surface area (Å²) in [5.74, 6) is -0.0421. The minimum Gasteiger partial charge on any atom is -1.00 e. The van der Waals surface area contributed by atoms with Gasteiger partial charge in [0.25, 0.3) is 0 Å². The van der Waals surface area contributed by atoms with E-state index in [0.29, 0.717) is 16.1 Å². The molecule has 0 spiro atoms. The highest BCUT2D eigenvalue weighted by Gasteiger charge is 2.43. The number of Topliss-reactive ketones (excluding diaryl/α,β-unsaturated/α-hetero) is 2. The standard InChI is InChI=1S/C28H21BrClN2O2.BrH/c29-22-12-8-21(9-13-22)28(34)27-26(20-5-2-1-3-6-20)31(17-24-7-4-16-32(24)27)18-25(33)19-10-14-23(30)15-11-19;/h1-17,26-27H,18H2;1H/q+1;/p-1/t26-,27+;/m1./s1. The second-order valence-corrected chi connectivity index (χ2v) is 9.60. The number of rotatable bonds is 6. The van der Waals surface area contributed by atoms with Crippen molar-refractivity contribution in [3.63, 3.8) is 0 Å². The predicted octanol–water partition coefficient (Wildman–Crippen LogP) is 3.40. The van der Waals surface area contributed by atoms with Crippen LogP contribution in [0, 0.1) is 0 Å². The fraction of sp³-hybridized carbons (Fsp3) is 0.107. The fourth-order valence-corrected chi connectivity index (χ4v) is 4.86. The Morgan fingerprint density at radius 3 is 2.20 bits per heavy atom. The van der Waals surface area contributed by atoms with Gasteiger partial charge in [0.15, 0.2) is 18.0 Å². The van der Waals surface area contributed by atoms with Crippen molar-refractivity contribution >= 4 is 45.3 Å². The molecule has 176 valence electrons. The molecule has 7 heteroatoms. The van der Waals surface area contributed by atoms with Crippen molar-refractivity contribution in [2.45, 2.75) is 12.1 Å². The monoisotopic (exact) mass is 610 g/mol. The minimum absolute atomic E-state index is 0. The van der Waals surface area contributed by atoms with E-state index in [-0.39, 0.29) is 41.1 Å². The van der Waals surface area contributed by atoms with E-state index in [0.717, 1.165) is 15.7 Å². The minimum atomic E-state index is -0.531. The molecule has 4 nitrogen and oxygen atoms in total. The molecule has 1 aliphatic rings. The van der Waals surface area contributed by atoms with Crippen LogP contribution in [0.5, 0.6) is 0 Å². The second-order valence-electron chi connectivity index (χ2n) is 8.24. The molecular weight excluding hydrogens is 592 g/mol. The quantitative estimate of drug-likeness (QED) is 0.248. The maximum atomic E-state index is 13.9. The molecule has 2 atom stereocenters. The van der Waals surface area contributed by atoms with Crippen molar-refractivity contribution in [3.8, 4) is 0 Å². The molecule has 0 bridgehead atoms. The number of halogens is 3. The van der Waals surface area contributed by atoms with Crippen LogP contribution in [0.4, 0.5) is 0 Å². The van der Waals surface area contributed by atoms with Crippen LogP contribution in [0.2, 0.25) is 5.02 Å². The lowest BCUT2D eigenvalue weighted by atomic mass is 9.90. The average molecular weight is 613 g/mol. The van der Waals surface area contributed by atoms with Gasteiger partial charge >= 0.3 is 0 Å². The lowest BCUT2D eigenvalue weighted by molar-refractivity contribution is -0.563. The van der Waals surface area contributed by atoms with Gasteiger partial charge in [-0.15, -0.1) is 0 Å². The smallest absolute Gasteiger partial charge is 0.227 e. The van der Waals surface area contributed by atoms with Crippen LogP contribution in [0.25, 0.3) is 0 Å². The molecule has 0 unspecified atom stereocenters. The SMILES string of the molecule is O=C(C[N+]1=Cc2cccn2[C@H](C(=O)c2ccc(Br)cc2)[C@H]1c1ccccc1)c1ccc(Cl)cc1.[Br-]. The lowest BCUT2D eigenvalue weighted by Crippen LogP contribution is -3.00. The van der Waals surface area contributed by atoms with Gasteiger partial charge in [-0.25, -0.2) is 4.58 Å². The van der Waals surface area contributed by atoms with E-state index in [1.165, 1.54) is 0 Å². The van der Waals surface area contributed by atoms with Crippen molar-refractivity contribution in [2.24, 2.45) is 0 Å². The van der Waals surface area contributed by atoms with Crippen LogP contribution < -0.4 is 17.0 Å². The topological polar surface area (TPSA) is 42.1 Å². The predicted molar refractivity (Wildman–Crippen MR) is 137 cm³/mol. The number of benzene rings is 3. The first-order valence-corrected chi connectivity index (χ1v) is 12.1. The van der Waals surface area contributed by atoms with Crippen molar-refractivity contribution in [1.82, 2.24) is 4.57 Å². The molecule has 3 aromatic carbocycles. The lowest BCUT2D eigenvalue weighted by Gasteiger charge is -2.30. The van der Waals surface area contributed by atoms with Crippen molar-refractivity contribution < 1.29 is 31.1 Å². The third kappa shape index (κ3) is 5.25. The van der Waals surface area contributed by atoms with Gasteiger partial charge in [-0.3, -0.25) is 9.59 Å². The first-order valence-electron chi connectivity index (χ1n) is 10.9. The van der Waals surface area contributed by atoms with Gasteiger partial charge < -0.3 is 21.5 Å². The number of carbonyl (C=O) groups excluding carboxylic acids is 2. The summed E-state index contributed by atoms with van der Waals surface area (Å²) in [6.45, 7) is 0.135. The molecule has 0 saturated heterocycles. The Morgan fingerprint density at radius 2 is 1.51 bits per heavy atom. The third-order valence-electron chi connectivity index (χ3n) is 6.10. The molecule has 0 saturated carbocycles. The van der Waals surface area contributed by atoms with Crippen LogP contribution in [-0.4, -0.2) is 33.5 Å². The van der Waals surface area contributed by atoms with Gasteiger partial charge in [0, 0.05) is 32.4 Å². The van der Waals surface area contributed by atoms with Crippen LogP contribution in [-0.2, 0) is 0 Å². The molecule has 5 rings (SSSR count). The van der Waals surface area contributed by atoms with E-state index < -0.39 is 6.04 Å². The Balaban J connectivity index is 0.00000289. The molecular formula is C28H21Br2ClN2O2. The molecule has 0 amide bonds. The zero-order valence-electron chi connectivity index (χ0n) is 18.5. The summed E-state index contributed by atoms with van der Waals surface area (Å²) >= 11 is 9.45. The van der Waals surface area contributed by atoms with Gasteiger partial charge in [-0.1, -0.05) is 70.0 Å². The molecule has 0 fully saturated rings. The summed E-state index contributed by atoms with van der Waals surface area (Å²) in [4.78, 5) is 27.2. The third-order valence-corrected chi connectivity index (χ3v) is 6.88. The normalized spacial score (nSPS) is 16.6. The van der Waals surface area contributed by atoms with Crippen LogP contribution in [0.1, 0.15) is 44.1 Å². The number of ketones is 2. The Labute approximate surface area is 227 Å². The second kappa shape index (κ2) is 10.9. The fourth-order valence-electron chi connectivity index (χ4n) is 4.47. The summed E-state index contributed by atoms with van der Waals surface area (Å²) in [6, 6.07) is 27.2. The number of aromatic nitrogens is 1. The first kappa shape index (κ1) is 25.3. The van der Waals surface area contributed by atoms with Crippen LogP contribution in [0.15, 0.2) is 102 Å². The summed E-state index contributed by atoms with van der Waals surface area (Å²) in [5, 5.41) is 0.584. The van der Waals surface area contributed by atoms with Gasteiger partial charge in [0.2, 0.25) is 18.4 Å². The molecule has 0 N–H and O–H groups in total. The highest BCUT2D eigenvalue weighted by Crippen LogP contribution is 2.36. The van der Waals surface area contributed by atoms with Crippen LogP contribution >= 0.6 is 27.5 Å². The van der Waals surface area contributed by atoms with Crippen LogP contribution in [0.3, 0.4) is 0 Å². The van der Waals surface area contributed by atoms with Crippen molar-refractivity contribution in [1.29, 1.82) is 0 Å². The summed E-state index contributed by atoms with van der Waals surface area (Å²) in [6.07, 6.45) is 3.90. The molecule has 35 heavy (non-hydrogen) atoms. The summed E-state index contributed by atoms with van der Waals surface area (Å²) < 4.78 is 4.91. The zero-order chi connectivity index (χ0) is 23.7. The van der Waals surface area contributed by atoms with E-state index in [1.54, 1.807) is 24.3 Å². The van der Waals surface area contributed by atoms with E-state index >= 15 is 0 Å². The van der Waals surface area contributed by atoms with E-state index in [2.05, 4.69) is 15.9 Å². The maximum absolute atomic E-state index is 13.9. The molecule has 1 aromatic heterocycles. The Hall–Kier alpha value is -2.80. The molecule has 1 aliphatic heterocycles. The van der Waals surface area contributed by atoms with Gasteiger partial charge in [0.1, 0.15) is 5.69 Å². The highest BCUT2D eigenvalue weighted by molar-refractivity contribution is 9.10. The molecule has 0 radical (unpaired) electrons. The molecule has 0 aliphatic carbocycles. The number of carbonyl (C=O) groups is 2. The Kier molecular flexibility index (Phi) is 7.85. The number of hydrogen-bond donors (Lipinski definition) is 0. The zero-order valence-corrected chi connectivity index (χ0v) is 22.4.